The number of rotatable bonds is 0. The van der Waals surface area contributed by atoms with Gasteiger partial charge in [-0.25, -0.2) is 0 Å². The van der Waals surface area contributed by atoms with E-state index in [0.29, 0.717) is 5.92 Å². The summed E-state index contributed by atoms with van der Waals surface area (Å²) in [6.45, 7) is 9.14. The summed E-state index contributed by atoms with van der Waals surface area (Å²) in [5, 5.41) is 0. The van der Waals surface area contributed by atoms with Gasteiger partial charge >= 0.3 is 0 Å². The Morgan fingerprint density at radius 2 is 1.93 bits per heavy atom. The van der Waals surface area contributed by atoms with Gasteiger partial charge in [0.1, 0.15) is 0 Å². The van der Waals surface area contributed by atoms with Crippen LogP contribution in [0, 0.1) is 6.42 Å². The van der Waals surface area contributed by atoms with Gasteiger partial charge in [0.05, 0.1) is 0 Å². The zero-order valence-corrected chi connectivity index (χ0v) is 9.59. The summed E-state index contributed by atoms with van der Waals surface area (Å²) in [5.41, 5.74) is 4.72. The topological polar surface area (TPSA) is 0 Å². The van der Waals surface area contributed by atoms with Gasteiger partial charge in [0, 0.05) is 0 Å². The fourth-order valence-corrected chi connectivity index (χ4v) is 2.08. The largest absolute Gasteiger partial charge is 0.0584 e. The number of hydrogen-bond donors (Lipinski definition) is 0. The van der Waals surface area contributed by atoms with Crippen molar-refractivity contribution in [3.8, 4) is 0 Å². The Balaban J connectivity index is 2.45. The van der Waals surface area contributed by atoms with E-state index in [-0.39, 0.29) is 5.41 Å². The number of hydrogen-bond acceptors (Lipinski definition) is 0. The number of benzene rings is 1. The van der Waals surface area contributed by atoms with Crippen LogP contribution in [0.1, 0.15) is 56.7 Å². The van der Waals surface area contributed by atoms with Crippen molar-refractivity contribution in [2.45, 2.75) is 45.4 Å². The van der Waals surface area contributed by atoms with Crippen LogP contribution in [0.4, 0.5) is 0 Å². The van der Waals surface area contributed by atoms with E-state index in [1.54, 1.807) is 0 Å². The molecule has 0 fully saturated rings. The van der Waals surface area contributed by atoms with Crippen molar-refractivity contribution >= 4 is 0 Å². The van der Waals surface area contributed by atoms with Crippen molar-refractivity contribution in [3.63, 3.8) is 0 Å². The lowest BCUT2D eigenvalue weighted by molar-refractivity contribution is 0.588. The van der Waals surface area contributed by atoms with Crippen LogP contribution >= 0.6 is 0 Å². The van der Waals surface area contributed by atoms with E-state index in [4.69, 9.17) is 0 Å². The van der Waals surface area contributed by atoms with E-state index in [2.05, 4.69) is 52.3 Å². The third-order valence-corrected chi connectivity index (χ3v) is 3.18. The molecule has 14 heavy (non-hydrogen) atoms. The molecule has 0 amide bonds. The average molecular weight is 187 g/mol. The SMILES string of the molecule is C[C@H]1C[CH]c2ccc(C(C)(C)C)cc21. The van der Waals surface area contributed by atoms with Gasteiger partial charge in [-0.3, -0.25) is 0 Å². The van der Waals surface area contributed by atoms with Crippen molar-refractivity contribution in [2.75, 3.05) is 0 Å². The molecule has 1 radical (unpaired) electrons. The van der Waals surface area contributed by atoms with Crippen LogP contribution in [0.5, 0.6) is 0 Å². The van der Waals surface area contributed by atoms with Gasteiger partial charge in [-0.1, -0.05) is 45.9 Å². The first-order chi connectivity index (χ1) is 6.48. The highest BCUT2D eigenvalue weighted by Crippen LogP contribution is 2.36. The lowest BCUT2D eigenvalue weighted by Gasteiger charge is -2.20. The molecular formula is C14H19. The van der Waals surface area contributed by atoms with E-state index in [1.165, 1.54) is 23.1 Å². The molecule has 0 aromatic heterocycles. The number of fused-ring (bicyclic) bond motifs is 1. The van der Waals surface area contributed by atoms with Crippen molar-refractivity contribution < 1.29 is 0 Å². The summed E-state index contributed by atoms with van der Waals surface area (Å²) >= 11 is 0. The third kappa shape index (κ3) is 1.58. The Kier molecular flexibility index (Phi) is 2.17. The fourth-order valence-electron chi connectivity index (χ4n) is 2.08. The van der Waals surface area contributed by atoms with Crippen LogP contribution in [0.3, 0.4) is 0 Å². The first kappa shape index (κ1) is 9.76. The smallest absolute Gasteiger partial charge is 0.00842 e. The zero-order valence-electron chi connectivity index (χ0n) is 9.59. The van der Waals surface area contributed by atoms with E-state index in [9.17, 15) is 0 Å². The minimum absolute atomic E-state index is 0.275. The highest BCUT2D eigenvalue weighted by atomic mass is 14.3. The van der Waals surface area contributed by atoms with Crippen molar-refractivity contribution in [2.24, 2.45) is 0 Å². The Labute approximate surface area is 87.3 Å². The average Bonchev–Trinajstić information content (AvgIpc) is 2.46. The van der Waals surface area contributed by atoms with Crippen LogP contribution in [-0.2, 0) is 5.41 Å². The van der Waals surface area contributed by atoms with Crippen molar-refractivity contribution in [3.05, 3.63) is 41.3 Å². The molecule has 0 aliphatic heterocycles. The molecule has 1 aliphatic carbocycles. The van der Waals surface area contributed by atoms with E-state index in [1.807, 2.05) is 0 Å². The van der Waals surface area contributed by atoms with Crippen LogP contribution in [-0.4, -0.2) is 0 Å². The summed E-state index contributed by atoms with van der Waals surface area (Å²) in [4.78, 5) is 0. The molecule has 0 N–H and O–H groups in total. The van der Waals surface area contributed by atoms with Gasteiger partial charge < -0.3 is 0 Å². The fraction of sp³-hybridized carbons (Fsp3) is 0.500. The molecule has 0 unspecified atom stereocenters. The molecule has 0 spiro atoms. The summed E-state index contributed by atoms with van der Waals surface area (Å²) in [6.07, 6.45) is 3.56. The second-order valence-corrected chi connectivity index (χ2v) is 5.43. The predicted octanol–water partition coefficient (Wildman–Crippen LogP) is 4.04. The molecular weight excluding hydrogens is 168 g/mol. The third-order valence-electron chi connectivity index (χ3n) is 3.18. The summed E-state index contributed by atoms with van der Waals surface area (Å²) < 4.78 is 0. The minimum atomic E-state index is 0.275. The molecule has 0 heteroatoms. The first-order valence-corrected chi connectivity index (χ1v) is 5.46. The van der Waals surface area contributed by atoms with Gasteiger partial charge in [0.2, 0.25) is 0 Å². The molecule has 1 aromatic rings. The second kappa shape index (κ2) is 3.12. The first-order valence-electron chi connectivity index (χ1n) is 5.46. The molecule has 1 aliphatic rings. The highest BCUT2D eigenvalue weighted by Gasteiger charge is 2.21. The summed E-state index contributed by atoms with van der Waals surface area (Å²) in [6, 6.07) is 6.94. The van der Waals surface area contributed by atoms with Gasteiger partial charge in [-0.15, -0.1) is 0 Å². The van der Waals surface area contributed by atoms with E-state index >= 15 is 0 Å². The summed E-state index contributed by atoms with van der Waals surface area (Å²) in [5.74, 6) is 0.715. The minimum Gasteiger partial charge on any atom is -0.0584 e. The maximum absolute atomic E-state index is 2.39. The molecule has 1 atom stereocenters. The quantitative estimate of drug-likeness (QED) is 0.575. The molecule has 0 nitrogen and oxygen atoms in total. The molecule has 75 valence electrons. The molecule has 1 aromatic carbocycles. The maximum Gasteiger partial charge on any atom is -0.00842 e. The van der Waals surface area contributed by atoms with Gasteiger partial charge in [0.25, 0.3) is 0 Å². The normalized spacial score (nSPS) is 21.0. The van der Waals surface area contributed by atoms with Crippen LogP contribution in [0.25, 0.3) is 0 Å². The molecule has 0 heterocycles. The van der Waals surface area contributed by atoms with Crippen LogP contribution in [0.2, 0.25) is 0 Å². The van der Waals surface area contributed by atoms with Gasteiger partial charge in [-0.2, -0.15) is 0 Å². The Hall–Kier alpha value is -0.780. The Morgan fingerprint density at radius 3 is 2.57 bits per heavy atom. The Bertz CT molecular complexity index is 342. The van der Waals surface area contributed by atoms with E-state index in [0.717, 1.165) is 0 Å². The standard InChI is InChI=1S/C14H19/c1-10-5-6-11-7-8-12(9-13(10)11)14(2,3)4/h6-10H,5H2,1-4H3/t10-/m0/s1. The lowest BCUT2D eigenvalue weighted by atomic mass is 9.85. The summed E-state index contributed by atoms with van der Waals surface area (Å²) in [7, 11) is 0. The van der Waals surface area contributed by atoms with Crippen LogP contribution in [0.15, 0.2) is 18.2 Å². The van der Waals surface area contributed by atoms with Crippen molar-refractivity contribution in [1.82, 2.24) is 0 Å². The Morgan fingerprint density at radius 1 is 1.21 bits per heavy atom. The zero-order chi connectivity index (χ0) is 10.3. The van der Waals surface area contributed by atoms with Gasteiger partial charge in [-0.05, 0) is 40.9 Å². The maximum atomic E-state index is 2.39. The van der Waals surface area contributed by atoms with Crippen LogP contribution < -0.4 is 0 Å². The highest BCUT2D eigenvalue weighted by molar-refractivity contribution is 5.44. The second-order valence-electron chi connectivity index (χ2n) is 5.43. The monoisotopic (exact) mass is 187 g/mol. The van der Waals surface area contributed by atoms with Gasteiger partial charge in [0.15, 0.2) is 0 Å². The lowest BCUT2D eigenvalue weighted by Crippen LogP contribution is -2.11. The van der Waals surface area contributed by atoms with E-state index < -0.39 is 0 Å². The molecule has 0 bridgehead atoms. The van der Waals surface area contributed by atoms with Crippen molar-refractivity contribution in [1.29, 1.82) is 0 Å². The molecule has 0 saturated carbocycles. The molecule has 0 saturated heterocycles. The molecule has 2 rings (SSSR count). The predicted molar refractivity (Wildman–Crippen MR) is 61.6 cm³/mol.